The van der Waals surface area contributed by atoms with E-state index in [-0.39, 0.29) is 11.4 Å². The molecule has 5 rings (SSSR count). The van der Waals surface area contributed by atoms with Crippen LogP contribution in [0.1, 0.15) is 60.0 Å². The van der Waals surface area contributed by atoms with Gasteiger partial charge < -0.3 is 10.1 Å². The minimum atomic E-state index is 0.0620. The monoisotopic (exact) mass is 404 g/mol. The predicted octanol–water partition coefficient (Wildman–Crippen LogP) is 4.16. The molecule has 2 heterocycles. The highest BCUT2D eigenvalue weighted by atomic mass is 16.5. The standard InChI is InChI=1S/C26H32N2O2/c1-19(29)22-9-5-6-20(14-22)17-28-12-10-26(11-13-28)16-23(18-30-26)27-25-15-24(25)21-7-3-2-4-8-21/h2-9,14,23-25,27H,10-13,15-18H2,1H3/t23?,24-,25+/m0/s1. The lowest BCUT2D eigenvalue weighted by atomic mass is 9.87. The maximum atomic E-state index is 11.6. The predicted molar refractivity (Wildman–Crippen MR) is 119 cm³/mol. The molecule has 1 spiro atoms. The van der Waals surface area contributed by atoms with Gasteiger partial charge in [-0.15, -0.1) is 0 Å². The number of carbonyl (C=O) groups excluding carboxylic acids is 1. The molecule has 3 aliphatic rings. The molecule has 4 heteroatoms. The first kappa shape index (κ1) is 19.9. The molecule has 2 aromatic carbocycles. The van der Waals surface area contributed by atoms with E-state index in [4.69, 9.17) is 4.74 Å². The molecule has 1 saturated carbocycles. The zero-order chi connectivity index (χ0) is 20.6. The fraction of sp³-hybridized carbons (Fsp3) is 0.500. The average Bonchev–Trinajstić information content (AvgIpc) is 3.43. The largest absolute Gasteiger partial charge is 0.373 e. The van der Waals surface area contributed by atoms with Crippen molar-refractivity contribution < 1.29 is 9.53 Å². The fourth-order valence-electron chi connectivity index (χ4n) is 5.32. The Kier molecular flexibility index (Phi) is 5.48. The molecule has 2 saturated heterocycles. The van der Waals surface area contributed by atoms with E-state index in [9.17, 15) is 4.79 Å². The molecular formula is C26H32N2O2. The van der Waals surface area contributed by atoms with Gasteiger partial charge in [-0.1, -0.05) is 48.5 Å². The first-order chi connectivity index (χ1) is 14.6. The lowest BCUT2D eigenvalue weighted by molar-refractivity contribution is -0.0449. The third-order valence-electron chi connectivity index (χ3n) is 7.18. The number of carbonyl (C=O) groups is 1. The minimum Gasteiger partial charge on any atom is -0.373 e. The maximum absolute atomic E-state index is 11.6. The Morgan fingerprint density at radius 3 is 2.70 bits per heavy atom. The van der Waals surface area contributed by atoms with Crippen molar-refractivity contribution in [3.8, 4) is 0 Å². The number of piperidine rings is 1. The molecule has 1 N–H and O–H groups in total. The number of nitrogens with zero attached hydrogens (tertiary/aromatic N) is 1. The highest BCUT2D eigenvalue weighted by Crippen LogP contribution is 2.43. The van der Waals surface area contributed by atoms with Crippen molar-refractivity contribution in [1.29, 1.82) is 0 Å². The van der Waals surface area contributed by atoms with Crippen LogP contribution in [0.5, 0.6) is 0 Å². The number of benzene rings is 2. The summed E-state index contributed by atoms with van der Waals surface area (Å²) in [5.74, 6) is 0.813. The van der Waals surface area contributed by atoms with Crippen LogP contribution < -0.4 is 5.32 Å². The second-order valence-corrected chi connectivity index (χ2v) is 9.45. The molecule has 3 atom stereocenters. The Morgan fingerprint density at radius 2 is 1.93 bits per heavy atom. The summed E-state index contributed by atoms with van der Waals surface area (Å²) in [5, 5.41) is 3.87. The van der Waals surface area contributed by atoms with E-state index in [1.54, 1.807) is 6.92 Å². The number of likely N-dealkylation sites (tertiary alicyclic amines) is 1. The third kappa shape index (κ3) is 4.36. The topological polar surface area (TPSA) is 41.6 Å². The number of nitrogens with one attached hydrogen (secondary N) is 1. The van der Waals surface area contributed by atoms with Gasteiger partial charge >= 0.3 is 0 Å². The highest BCUT2D eigenvalue weighted by molar-refractivity contribution is 5.94. The molecule has 0 aromatic heterocycles. The van der Waals surface area contributed by atoms with Crippen molar-refractivity contribution in [1.82, 2.24) is 10.2 Å². The smallest absolute Gasteiger partial charge is 0.159 e. The lowest BCUT2D eigenvalue weighted by Crippen LogP contribution is -2.44. The van der Waals surface area contributed by atoms with E-state index in [0.29, 0.717) is 18.0 Å². The average molecular weight is 405 g/mol. The molecule has 2 aromatic rings. The molecule has 158 valence electrons. The molecular weight excluding hydrogens is 372 g/mol. The van der Waals surface area contributed by atoms with Crippen LogP contribution in [-0.4, -0.2) is 48.1 Å². The zero-order valence-corrected chi connectivity index (χ0v) is 17.8. The Labute approximate surface area is 179 Å². The summed E-state index contributed by atoms with van der Waals surface area (Å²) in [6, 6.07) is 20.0. The molecule has 0 amide bonds. The van der Waals surface area contributed by atoms with E-state index in [1.807, 2.05) is 18.2 Å². The van der Waals surface area contributed by atoms with E-state index < -0.39 is 0 Å². The molecule has 3 fully saturated rings. The summed E-state index contributed by atoms with van der Waals surface area (Å²) in [4.78, 5) is 14.1. The summed E-state index contributed by atoms with van der Waals surface area (Å²) in [5.41, 5.74) is 3.56. The fourth-order valence-corrected chi connectivity index (χ4v) is 5.32. The molecule has 1 unspecified atom stereocenters. The van der Waals surface area contributed by atoms with Gasteiger partial charge in [-0.3, -0.25) is 9.69 Å². The number of hydrogen-bond donors (Lipinski definition) is 1. The van der Waals surface area contributed by atoms with E-state index in [1.165, 1.54) is 17.5 Å². The molecule has 1 aliphatic carbocycles. The summed E-state index contributed by atoms with van der Waals surface area (Å²) in [6.07, 6.45) is 4.59. The number of rotatable bonds is 6. The van der Waals surface area contributed by atoms with Crippen LogP contribution in [0.3, 0.4) is 0 Å². The Balaban J connectivity index is 1.10. The van der Waals surface area contributed by atoms with Gasteiger partial charge in [0, 0.05) is 43.2 Å². The molecule has 4 nitrogen and oxygen atoms in total. The van der Waals surface area contributed by atoms with Crippen LogP contribution in [0, 0.1) is 0 Å². The zero-order valence-electron chi connectivity index (χ0n) is 17.8. The van der Waals surface area contributed by atoms with E-state index >= 15 is 0 Å². The van der Waals surface area contributed by atoms with Crippen LogP contribution in [0.4, 0.5) is 0 Å². The van der Waals surface area contributed by atoms with Crippen molar-refractivity contribution in [2.75, 3.05) is 19.7 Å². The van der Waals surface area contributed by atoms with Crippen LogP contribution in [0.2, 0.25) is 0 Å². The quantitative estimate of drug-likeness (QED) is 0.734. The second kappa shape index (κ2) is 8.26. The Hall–Kier alpha value is -2.01. The normalized spacial score (nSPS) is 28.0. The Morgan fingerprint density at radius 1 is 1.13 bits per heavy atom. The van der Waals surface area contributed by atoms with Gasteiger partial charge in [0.2, 0.25) is 0 Å². The van der Waals surface area contributed by atoms with Gasteiger partial charge in [0.1, 0.15) is 0 Å². The summed E-state index contributed by atoms with van der Waals surface area (Å²) in [7, 11) is 0. The number of Topliss-reactive ketones (excluding diaryl/α,β-unsaturated/α-hetero) is 1. The van der Waals surface area contributed by atoms with Crippen molar-refractivity contribution in [2.45, 2.75) is 62.8 Å². The molecule has 0 bridgehead atoms. The van der Waals surface area contributed by atoms with Crippen LogP contribution >= 0.6 is 0 Å². The Bertz CT molecular complexity index is 889. The highest BCUT2D eigenvalue weighted by Gasteiger charge is 2.46. The van der Waals surface area contributed by atoms with Gasteiger partial charge in [0.05, 0.1) is 12.2 Å². The molecule has 2 aliphatic heterocycles. The maximum Gasteiger partial charge on any atom is 0.159 e. The van der Waals surface area contributed by atoms with Gasteiger partial charge in [-0.05, 0) is 49.8 Å². The number of hydrogen-bond acceptors (Lipinski definition) is 4. The van der Waals surface area contributed by atoms with Gasteiger partial charge in [-0.2, -0.15) is 0 Å². The van der Waals surface area contributed by atoms with Crippen LogP contribution in [-0.2, 0) is 11.3 Å². The summed E-state index contributed by atoms with van der Waals surface area (Å²) >= 11 is 0. The minimum absolute atomic E-state index is 0.0620. The van der Waals surface area contributed by atoms with E-state index in [2.05, 4.69) is 46.6 Å². The van der Waals surface area contributed by atoms with Crippen molar-refractivity contribution in [3.05, 3.63) is 71.3 Å². The molecule has 0 radical (unpaired) electrons. The van der Waals surface area contributed by atoms with Crippen LogP contribution in [0.25, 0.3) is 0 Å². The third-order valence-corrected chi connectivity index (χ3v) is 7.18. The van der Waals surface area contributed by atoms with Crippen molar-refractivity contribution >= 4 is 5.78 Å². The number of ketones is 1. The van der Waals surface area contributed by atoms with Crippen LogP contribution in [0.15, 0.2) is 54.6 Å². The summed E-state index contributed by atoms with van der Waals surface area (Å²) < 4.78 is 6.38. The SMILES string of the molecule is CC(=O)c1cccc(CN2CCC3(CC2)CC(N[C@@H]2C[C@H]2c2ccccc2)CO3)c1. The first-order valence-corrected chi connectivity index (χ1v) is 11.4. The number of ether oxygens (including phenoxy) is 1. The molecule has 30 heavy (non-hydrogen) atoms. The second-order valence-electron chi connectivity index (χ2n) is 9.45. The van der Waals surface area contributed by atoms with Gasteiger partial charge in [0.25, 0.3) is 0 Å². The van der Waals surface area contributed by atoms with Gasteiger partial charge in [0.15, 0.2) is 5.78 Å². The van der Waals surface area contributed by atoms with E-state index in [0.717, 1.165) is 51.1 Å². The van der Waals surface area contributed by atoms with Crippen molar-refractivity contribution in [2.24, 2.45) is 0 Å². The summed E-state index contributed by atoms with van der Waals surface area (Å²) in [6.45, 7) is 5.52. The lowest BCUT2D eigenvalue weighted by Gasteiger charge is -2.38. The first-order valence-electron chi connectivity index (χ1n) is 11.4. The van der Waals surface area contributed by atoms with Gasteiger partial charge in [-0.25, -0.2) is 0 Å². The van der Waals surface area contributed by atoms with Crippen molar-refractivity contribution in [3.63, 3.8) is 0 Å².